The fraction of sp³-hybridized carbons (Fsp3) is 0.367. The molecule has 5 unspecified atom stereocenters. The number of imidazole rings is 2. The maximum atomic E-state index is 14.1. The molecule has 3 fully saturated rings. The van der Waals surface area contributed by atoms with Crippen LogP contribution in [0.5, 0.6) is 0 Å². The lowest BCUT2D eigenvalue weighted by atomic mass is 9.90. The number of benzene rings is 4. The number of amides is 3. The largest absolute Gasteiger partial charge is 0.453 e. The fourth-order valence-corrected chi connectivity index (χ4v) is 9.28. The number of ether oxygens (including phenoxy) is 4. The number of nitrogens with one attached hydrogen (secondary N) is 4. The van der Waals surface area contributed by atoms with Gasteiger partial charge in [-0.15, -0.1) is 0 Å². The summed E-state index contributed by atoms with van der Waals surface area (Å²) >= 11 is 0. The third-order valence-corrected chi connectivity index (χ3v) is 12.8. The van der Waals surface area contributed by atoms with Crippen molar-refractivity contribution in [3.63, 3.8) is 0 Å². The number of H-pyrrole nitrogens is 2. The Morgan fingerprint density at radius 1 is 0.723 bits per heavy atom. The lowest BCUT2D eigenvalue weighted by Crippen LogP contribution is -2.53. The molecule has 5 atom stereocenters. The molecule has 0 saturated carbocycles. The highest BCUT2D eigenvalue weighted by atomic mass is 16.6. The number of aliphatic hydroxyl groups is 1. The van der Waals surface area contributed by atoms with E-state index in [-0.39, 0.29) is 30.4 Å². The predicted octanol–water partition coefficient (Wildman–Crippen LogP) is 6.25. The Bertz CT molecular complexity index is 2590. The summed E-state index contributed by atoms with van der Waals surface area (Å²) in [6.07, 6.45) is 4.65. The number of hydrogen-bond acceptors (Lipinski definition) is 11. The van der Waals surface area contributed by atoms with Crippen molar-refractivity contribution in [3.05, 3.63) is 121 Å². The number of carbonyl (C=O) groups excluding carboxylic acids is 3. The molecule has 0 aliphatic carbocycles. The number of nitrogens with zero attached hydrogens (tertiary/aromatic N) is 4. The second-order valence-electron chi connectivity index (χ2n) is 16.7. The van der Waals surface area contributed by atoms with Crippen LogP contribution in [0.3, 0.4) is 0 Å². The Hall–Kier alpha value is -6.43. The molecule has 65 heavy (non-hydrogen) atoms. The summed E-state index contributed by atoms with van der Waals surface area (Å²) in [5.41, 5.74) is 6.45. The van der Waals surface area contributed by atoms with E-state index in [0.717, 1.165) is 63.1 Å². The molecule has 0 bridgehead atoms. The number of aromatic amines is 2. The normalized spacial score (nSPS) is 19.5. The number of hydrogen-bond donors (Lipinski definition) is 5. The van der Waals surface area contributed by atoms with Crippen LogP contribution in [0.4, 0.5) is 4.79 Å². The molecule has 4 aromatic carbocycles. The van der Waals surface area contributed by atoms with Gasteiger partial charge in [-0.1, -0.05) is 78.9 Å². The summed E-state index contributed by atoms with van der Waals surface area (Å²) in [6, 6.07) is 28.1. The summed E-state index contributed by atoms with van der Waals surface area (Å²) in [4.78, 5) is 60.4. The van der Waals surface area contributed by atoms with Gasteiger partial charge in [-0.3, -0.25) is 14.9 Å². The number of aromatic nitrogens is 4. The first-order valence-electron chi connectivity index (χ1n) is 22.2. The van der Waals surface area contributed by atoms with E-state index < -0.39 is 30.6 Å². The first-order valence-corrected chi connectivity index (χ1v) is 22.2. The molecule has 5 N–H and O–H groups in total. The van der Waals surface area contributed by atoms with Crippen molar-refractivity contribution < 1.29 is 38.4 Å². The lowest BCUT2D eigenvalue weighted by molar-refractivity contribution is -0.150. The molecule has 3 aliphatic heterocycles. The van der Waals surface area contributed by atoms with Crippen LogP contribution in [0, 0.1) is 5.92 Å². The van der Waals surface area contributed by atoms with Crippen LogP contribution in [0.2, 0.25) is 0 Å². The molecule has 16 heteroatoms. The monoisotopic (exact) mass is 882 g/mol. The second-order valence-corrected chi connectivity index (χ2v) is 16.7. The summed E-state index contributed by atoms with van der Waals surface area (Å²) < 4.78 is 21.3. The number of aliphatic hydroxyl groups excluding tert-OH is 1. The van der Waals surface area contributed by atoms with Crippen LogP contribution in [-0.2, 0) is 28.5 Å². The third-order valence-electron chi connectivity index (χ3n) is 12.8. The van der Waals surface area contributed by atoms with Crippen molar-refractivity contribution in [2.75, 3.05) is 53.7 Å². The maximum Gasteiger partial charge on any atom is 0.407 e. The Labute approximate surface area is 376 Å². The molecule has 16 nitrogen and oxygen atoms in total. The zero-order valence-corrected chi connectivity index (χ0v) is 36.4. The maximum absolute atomic E-state index is 14.1. The molecule has 2 aromatic heterocycles. The van der Waals surface area contributed by atoms with Gasteiger partial charge in [0.25, 0.3) is 0 Å². The van der Waals surface area contributed by atoms with Gasteiger partial charge in [-0.25, -0.2) is 14.8 Å². The van der Waals surface area contributed by atoms with Gasteiger partial charge in [0.15, 0.2) is 0 Å². The van der Waals surface area contributed by atoms with E-state index in [1.165, 1.54) is 14.2 Å². The number of likely N-dealkylation sites (tertiary alicyclic amines) is 1. The number of alkyl carbamates (subject to hydrolysis) is 1. The standard InChI is InChI=1S/C49H54N8O8/c1-62-48(60)54-42(32-7-4-3-5-8-32)47(59)57-21-24-65-29-41(57)45-51-27-38(52-45)31-12-10-30(11-13-31)34-14-15-36-26-37(17-16-35(36)25-34)39-28-50-44(53-39)40-9-6-20-56(40)46(58)43(55-49(61)63-2)33-18-22-64-23-19-33/h3-5,7-8,10-17,25-28,33,40-43,48,54,60H,6,9,18-24,29H2,1-2H3,(H,50,53)(H,51,52)(H,55,61). The zero-order valence-electron chi connectivity index (χ0n) is 36.4. The SMILES string of the molecule is COC(=O)NC(C(=O)N1CCCC1c1ncc(-c2ccc3cc(-c4ccc(-c5cnc(C6COCCN6C(=O)C(NC(O)OC)c6ccccc6)[nH]5)cc4)ccc3c2)[nH]1)C1CCOCC1. The van der Waals surface area contributed by atoms with Crippen molar-refractivity contribution >= 4 is 28.7 Å². The highest BCUT2D eigenvalue weighted by Crippen LogP contribution is 2.36. The van der Waals surface area contributed by atoms with Crippen LogP contribution < -0.4 is 10.6 Å². The molecule has 3 saturated heterocycles. The van der Waals surface area contributed by atoms with E-state index in [2.05, 4.69) is 81.3 Å². The molecular formula is C49H54N8O8. The minimum absolute atomic E-state index is 0.0325. The highest BCUT2D eigenvalue weighted by molar-refractivity contribution is 5.91. The van der Waals surface area contributed by atoms with Gasteiger partial charge in [-0.2, -0.15) is 0 Å². The van der Waals surface area contributed by atoms with Crippen molar-refractivity contribution in [1.82, 2.24) is 40.4 Å². The number of carbonyl (C=O) groups is 3. The van der Waals surface area contributed by atoms with Crippen molar-refractivity contribution in [2.24, 2.45) is 5.92 Å². The van der Waals surface area contributed by atoms with Gasteiger partial charge in [0.1, 0.15) is 29.8 Å². The summed E-state index contributed by atoms with van der Waals surface area (Å²) in [5, 5.41) is 18.2. The summed E-state index contributed by atoms with van der Waals surface area (Å²) in [6.45, 7) is 2.72. The van der Waals surface area contributed by atoms with E-state index in [4.69, 9.17) is 28.9 Å². The molecule has 5 heterocycles. The van der Waals surface area contributed by atoms with E-state index in [1.807, 2.05) is 41.4 Å². The molecule has 6 aromatic rings. The third kappa shape index (κ3) is 9.53. The van der Waals surface area contributed by atoms with E-state index >= 15 is 0 Å². The topological polar surface area (TPSA) is 196 Å². The highest BCUT2D eigenvalue weighted by Gasteiger charge is 2.40. The molecule has 338 valence electrons. The van der Waals surface area contributed by atoms with Gasteiger partial charge < -0.3 is 49.1 Å². The summed E-state index contributed by atoms with van der Waals surface area (Å²) in [7, 11) is 2.68. The molecular weight excluding hydrogens is 829 g/mol. The minimum Gasteiger partial charge on any atom is -0.453 e. The van der Waals surface area contributed by atoms with Crippen LogP contribution in [-0.4, -0.2) is 119 Å². The van der Waals surface area contributed by atoms with Crippen molar-refractivity contribution in [3.8, 4) is 33.6 Å². The van der Waals surface area contributed by atoms with Crippen LogP contribution >= 0.6 is 0 Å². The van der Waals surface area contributed by atoms with Crippen molar-refractivity contribution in [2.45, 2.75) is 56.3 Å². The van der Waals surface area contributed by atoms with Gasteiger partial charge in [0.2, 0.25) is 18.2 Å². The Morgan fingerprint density at radius 2 is 1.35 bits per heavy atom. The van der Waals surface area contributed by atoms with Crippen molar-refractivity contribution in [1.29, 1.82) is 0 Å². The first kappa shape index (κ1) is 43.8. The molecule has 3 amide bonds. The number of morpholine rings is 1. The Morgan fingerprint density at radius 3 is 2.06 bits per heavy atom. The van der Waals surface area contributed by atoms with Crippen LogP contribution in [0.15, 0.2) is 103 Å². The van der Waals surface area contributed by atoms with Crippen LogP contribution in [0.1, 0.15) is 61.0 Å². The average Bonchev–Trinajstić information content (AvgIpc) is 4.17. The number of methoxy groups -OCH3 is 2. The molecule has 9 rings (SSSR count). The van der Waals surface area contributed by atoms with Gasteiger partial charge >= 0.3 is 6.09 Å². The Kier molecular flexibility index (Phi) is 13.3. The second kappa shape index (κ2) is 19.8. The van der Waals surface area contributed by atoms with Crippen LogP contribution in [0.25, 0.3) is 44.4 Å². The van der Waals surface area contributed by atoms with E-state index in [1.54, 1.807) is 11.1 Å². The molecule has 3 aliphatic rings. The average molecular weight is 883 g/mol. The molecule has 0 spiro atoms. The predicted molar refractivity (Wildman–Crippen MR) is 242 cm³/mol. The smallest absolute Gasteiger partial charge is 0.407 e. The van der Waals surface area contributed by atoms with E-state index in [9.17, 15) is 19.5 Å². The minimum atomic E-state index is -1.33. The fourth-order valence-electron chi connectivity index (χ4n) is 9.28. The van der Waals surface area contributed by atoms with E-state index in [0.29, 0.717) is 57.1 Å². The van der Waals surface area contributed by atoms with Gasteiger partial charge in [0.05, 0.1) is 50.1 Å². The number of fused-ring (bicyclic) bond motifs is 1. The number of rotatable bonds is 13. The first-order chi connectivity index (χ1) is 31.8. The Balaban J connectivity index is 0.873. The zero-order chi connectivity index (χ0) is 44.9. The van der Waals surface area contributed by atoms with Gasteiger partial charge in [-0.05, 0) is 76.8 Å². The summed E-state index contributed by atoms with van der Waals surface area (Å²) in [5.74, 6) is 0.962. The quantitative estimate of drug-likeness (QED) is 0.0823. The molecule has 0 radical (unpaired) electrons. The lowest BCUT2D eigenvalue weighted by Gasteiger charge is -2.37. The van der Waals surface area contributed by atoms with Gasteiger partial charge in [0, 0.05) is 39.0 Å².